The molecule has 5 rings (SSSR count). The molecule has 1 aliphatic heterocycles. The number of azo groups is 2. The van der Waals surface area contributed by atoms with E-state index in [4.69, 9.17) is 5.11 Å². The van der Waals surface area contributed by atoms with Crippen molar-refractivity contribution in [2.75, 3.05) is 11.6 Å². The van der Waals surface area contributed by atoms with Crippen LogP contribution in [0.1, 0.15) is 0 Å². The molecule has 0 saturated heterocycles. The highest BCUT2D eigenvalue weighted by atomic mass is 15.4. The fraction of sp³-hybridized carbons (Fsp3) is 0.0435. The molecule has 0 aromatic heterocycles. The van der Waals surface area contributed by atoms with Gasteiger partial charge >= 0.3 is 0 Å². The molecule has 124 valence electrons. The maximum absolute atomic E-state index is 5.01. The SMILES string of the molecule is c1ccc(N2C[N+](c3ccccc3)=Nc3c2ccc2ccccc32)cc1. The van der Waals surface area contributed by atoms with Crippen molar-refractivity contribution in [2.24, 2.45) is 5.11 Å². The normalized spacial score (nSPS) is 13.4. The Balaban J connectivity index is 1.77. The van der Waals surface area contributed by atoms with Crippen molar-refractivity contribution in [3.05, 3.63) is 97.1 Å². The van der Waals surface area contributed by atoms with Crippen LogP contribution in [0.5, 0.6) is 0 Å². The molecule has 0 unspecified atom stereocenters. The van der Waals surface area contributed by atoms with Crippen LogP contribution in [0.4, 0.5) is 22.7 Å². The van der Waals surface area contributed by atoms with Gasteiger partial charge < -0.3 is 0 Å². The van der Waals surface area contributed by atoms with Gasteiger partial charge in [-0.2, -0.15) is 0 Å². The first-order valence-electron chi connectivity index (χ1n) is 8.79. The van der Waals surface area contributed by atoms with Crippen molar-refractivity contribution in [1.29, 1.82) is 0 Å². The molecule has 1 aliphatic rings. The predicted molar refractivity (Wildman–Crippen MR) is 106 cm³/mol. The standard InChI is InChI=1S/C23H18N3/c1-3-10-19(11-4-1)25-17-26(20-12-5-2-6-13-20)24-23-21-14-8-7-9-18(21)15-16-22(23)25/h1-16H,17H2/q+1. The largest absolute Gasteiger partial charge is 0.281 e. The maximum atomic E-state index is 5.01. The molecule has 0 saturated carbocycles. The minimum Gasteiger partial charge on any atom is -0.281 e. The summed E-state index contributed by atoms with van der Waals surface area (Å²) in [5.74, 6) is 0. The number of fused-ring (bicyclic) bond motifs is 3. The van der Waals surface area contributed by atoms with Gasteiger partial charge in [0.05, 0.1) is 5.69 Å². The van der Waals surface area contributed by atoms with Crippen molar-refractivity contribution in [2.45, 2.75) is 0 Å². The van der Waals surface area contributed by atoms with Crippen molar-refractivity contribution in [1.82, 2.24) is 0 Å². The van der Waals surface area contributed by atoms with E-state index in [0.717, 1.165) is 17.1 Å². The number of benzene rings is 4. The van der Waals surface area contributed by atoms with Crippen LogP contribution in [0, 0.1) is 0 Å². The summed E-state index contributed by atoms with van der Waals surface area (Å²) in [5, 5.41) is 7.39. The number of anilines is 2. The van der Waals surface area contributed by atoms with E-state index in [0.29, 0.717) is 6.67 Å². The quantitative estimate of drug-likeness (QED) is 0.389. The van der Waals surface area contributed by atoms with Crippen LogP contribution in [0.15, 0.2) is 102 Å². The van der Waals surface area contributed by atoms with E-state index in [1.54, 1.807) is 0 Å². The van der Waals surface area contributed by atoms with Crippen molar-refractivity contribution in [3.63, 3.8) is 0 Å². The maximum Gasteiger partial charge on any atom is 0.254 e. The molecule has 3 heteroatoms. The molecule has 4 aromatic rings. The lowest BCUT2D eigenvalue weighted by Gasteiger charge is -2.26. The van der Waals surface area contributed by atoms with Crippen molar-refractivity contribution >= 4 is 33.5 Å². The summed E-state index contributed by atoms with van der Waals surface area (Å²) < 4.78 is 2.07. The third-order valence-corrected chi connectivity index (χ3v) is 4.79. The van der Waals surface area contributed by atoms with Gasteiger partial charge in [-0.05, 0) is 23.6 Å². The zero-order chi connectivity index (χ0) is 17.3. The highest BCUT2D eigenvalue weighted by Gasteiger charge is 2.28. The monoisotopic (exact) mass is 336 g/mol. The Morgan fingerprint density at radius 3 is 2.19 bits per heavy atom. The Morgan fingerprint density at radius 1 is 0.692 bits per heavy atom. The number of para-hydroxylation sites is 2. The second kappa shape index (κ2) is 6.12. The van der Waals surface area contributed by atoms with Crippen LogP contribution in [0.2, 0.25) is 0 Å². The minimum absolute atomic E-state index is 0.680. The molecule has 0 amide bonds. The van der Waals surface area contributed by atoms with Gasteiger partial charge in [0.2, 0.25) is 5.69 Å². The van der Waals surface area contributed by atoms with Gasteiger partial charge in [-0.1, -0.05) is 71.4 Å². The Kier molecular flexibility index (Phi) is 3.49. The van der Waals surface area contributed by atoms with E-state index < -0.39 is 0 Å². The zero-order valence-electron chi connectivity index (χ0n) is 14.3. The van der Waals surface area contributed by atoms with Crippen LogP contribution in [0.3, 0.4) is 0 Å². The van der Waals surface area contributed by atoms with E-state index in [1.165, 1.54) is 16.5 Å². The van der Waals surface area contributed by atoms with Crippen molar-refractivity contribution in [3.8, 4) is 0 Å². The number of hydrogen-bond acceptors (Lipinski definition) is 2. The van der Waals surface area contributed by atoms with E-state index >= 15 is 0 Å². The molecule has 0 spiro atoms. The zero-order valence-corrected chi connectivity index (χ0v) is 14.3. The molecule has 0 N–H and O–H groups in total. The first-order valence-corrected chi connectivity index (χ1v) is 8.79. The Morgan fingerprint density at radius 2 is 1.38 bits per heavy atom. The fourth-order valence-corrected chi connectivity index (χ4v) is 3.50. The Labute approximate surface area is 152 Å². The smallest absolute Gasteiger partial charge is 0.254 e. The second-order valence-corrected chi connectivity index (χ2v) is 6.39. The highest BCUT2D eigenvalue weighted by molar-refractivity contribution is 5.99. The second-order valence-electron chi connectivity index (χ2n) is 6.39. The molecule has 3 nitrogen and oxygen atoms in total. The van der Waals surface area contributed by atoms with Crippen LogP contribution in [-0.4, -0.2) is 11.4 Å². The summed E-state index contributed by atoms with van der Waals surface area (Å²) in [6.45, 7) is 0.680. The summed E-state index contributed by atoms with van der Waals surface area (Å²) in [7, 11) is 0. The first kappa shape index (κ1) is 14.8. The summed E-state index contributed by atoms with van der Waals surface area (Å²) in [6.07, 6.45) is 0. The lowest BCUT2D eigenvalue weighted by molar-refractivity contribution is -0.508. The van der Waals surface area contributed by atoms with Gasteiger partial charge in [-0.25, -0.2) is 0 Å². The molecule has 1 heterocycles. The average Bonchev–Trinajstić information content (AvgIpc) is 2.74. The van der Waals surface area contributed by atoms with Gasteiger partial charge in [0, 0.05) is 28.3 Å². The number of hydrogen-bond donors (Lipinski definition) is 0. The van der Waals surface area contributed by atoms with E-state index in [2.05, 4.69) is 94.5 Å². The molecule has 0 atom stereocenters. The Hall–Kier alpha value is -3.46. The van der Waals surface area contributed by atoms with Crippen LogP contribution >= 0.6 is 0 Å². The van der Waals surface area contributed by atoms with E-state index in [-0.39, 0.29) is 0 Å². The van der Waals surface area contributed by atoms with E-state index in [9.17, 15) is 0 Å². The molecule has 4 aromatic carbocycles. The third kappa shape index (κ3) is 2.45. The van der Waals surface area contributed by atoms with Crippen molar-refractivity contribution < 1.29 is 4.70 Å². The lowest BCUT2D eigenvalue weighted by Crippen LogP contribution is -2.28. The van der Waals surface area contributed by atoms with E-state index in [1.807, 2.05) is 12.1 Å². The third-order valence-electron chi connectivity index (χ3n) is 4.79. The van der Waals surface area contributed by atoms with Crippen LogP contribution in [-0.2, 0) is 0 Å². The van der Waals surface area contributed by atoms with Crippen LogP contribution < -0.4 is 4.90 Å². The molecular weight excluding hydrogens is 318 g/mol. The molecule has 0 bridgehead atoms. The van der Waals surface area contributed by atoms with Gasteiger partial charge in [0.15, 0.2) is 5.69 Å². The van der Waals surface area contributed by atoms with Gasteiger partial charge in [-0.15, -0.1) is 0 Å². The Bertz CT molecular complexity index is 1100. The number of nitrogens with zero attached hydrogens (tertiary/aromatic N) is 3. The minimum atomic E-state index is 0.680. The topological polar surface area (TPSA) is 18.6 Å². The highest BCUT2D eigenvalue weighted by Crippen LogP contribution is 2.42. The molecule has 0 radical (unpaired) electrons. The summed E-state index contributed by atoms with van der Waals surface area (Å²) in [6, 6.07) is 33.6. The van der Waals surface area contributed by atoms with Gasteiger partial charge in [0.1, 0.15) is 0 Å². The molecular formula is C23H18N3+. The molecule has 0 fully saturated rings. The average molecular weight is 336 g/mol. The summed E-state index contributed by atoms with van der Waals surface area (Å²) in [4.78, 5) is 2.32. The van der Waals surface area contributed by atoms with Crippen LogP contribution in [0.25, 0.3) is 10.8 Å². The fourth-order valence-electron chi connectivity index (χ4n) is 3.50. The van der Waals surface area contributed by atoms with Gasteiger partial charge in [-0.3, -0.25) is 4.90 Å². The first-order chi connectivity index (χ1) is 12.9. The molecule has 26 heavy (non-hydrogen) atoms. The van der Waals surface area contributed by atoms with Gasteiger partial charge in [0.25, 0.3) is 6.67 Å². The summed E-state index contributed by atoms with van der Waals surface area (Å²) in [5.41, 5.74) is 4.41. The molecule has 0 aliphatic carbocycles. The lowest BCUT2D eigenvalue weighted by atomic mass is 10.1. The number of rotatable bonds is 2. The predicted octanol–water partition coefficient (Wildman–Crippen LogP) is 6.38. The summed E-state index contributed by atoms with van der Waals surface area (Å²) >= 11 is 0.